The molecule has 1 saturated heterocycles. The summed E-state index contributed by atoms with van der Waals surface area (Å²) in [5.74, 6) is -0.788. The average Bonchev–Trinajstić information content (AvgIpc) is 2.49. The quantitative estimate of drug-likeness (QED) is 0.848. The Balaban J connectivity index is 1.93. The molecule has 0 aromatic rings. The number of likely N-dealkylation sites (tertiary alicyclic amines) is 1. The summed E-state index contributed by atoms with van der Waals surface area (Å²) in [7, 11) is 2.10. The van der Waals surface area contributed by atoms with Crippen molar-refractivity contribution in [3.63, 3.8) is 0 Å². The molecule has 5 heteroatoms. The molecule has 1 fully saturated rings. The van der Waals surface area contributed by atoms with Crippen molar-refractivity contribution in [2.75, 3.05) is 33.4 Å². The van der Waals surface area contributed by atoms with Crippen LogP contribution in [0.25, 0.3) is 0 Å². The van der Waals surface area contributed by atoms with E-state index in [1.165, 1.54) is 19.3 Å². The predicted molar refractivity (Wildman–Crippen MR) is 84.4 cm³/mol. The van der Waals surface area contributed by atoms with Crippen LogP contribution in [0, 0.1) is 0 Å². The molecule has 1 N–H and O–H groups in total. The van der Waals surface area contributed by atoms with Gasteiger partial charge in [-0.2, -0.15) is 0 Å². The number of carbonyl (C=O) groups is 1. The van der Waals surface area contributed by atoms with Gasteiger partial charge in [0, 0.05) is 38.9 Å². The summed E-state index contributed by atoms with van der Waals surface area (Å²) in [4.78, 5) is 16.5. The molecule has 0 amide bonds. The Morgan fingerprint density at radius 1 is 1.18 bits per heavy atom. The molecule has 5 nitrogen and oxygen atoms in total. The minimum absolute atomic E-state index is 0.0737. The molecule has 0 aliphatic carbocycles. The van der Waals surface area contributed by atoms with Crippen molar-refractivity contribution >= 4 is 5.97 Å². The topological polar surface area (TPSA) is 53.0 Å². The fourth-order valence-electron chi connectivity index (χ4n) is 3.85. The smallest absolute Gasteiger partial charge is 0.335 e. The molecule has 0 saturated carbocycles. The Kier molecular flexibility index (Phi) is 4.84. The second-order valence-electron chi connectivity index (χ2n) is 6.40. The van der Waals surface area contributed by atoms with E-state index in [4.69, 9.17) is 4.74 Å². The van der Waals surface area contributed by atoms with Crippen LogP contribution >= 0.6 is 0 Å². The van der Waals surface area contributed by atoms with Crippen LogP contribution in [0.2, 0.25) is 0 Å². The van der Waals surface area contributed by atoms with Crippen molar-refractivity contribution in [3.05, 3.63) is 22.9 Å². The van der Waals surface area contributed by atoms with E-state index in [9.17, 15) is 9.90 Å². The summed E-state index contributed by atoms with van der Waals surface area (Å²) >= 11 is 0. The van der Waals surface area contributed by atoms with Gasteiger partial charge in [0.2, 0.25) is 0 Å². The van der Waals surface area contributed by atoms with Crippen molar-refractivity contribution in [3.8, 4) is 0 Å². The molecule has 0 radical (unpaired) electrons. The molecule has 3 aliphatic heterocycles. The number of rotatable bonds is 2. The van der Waals surface area contributed by atoms with Crippen LogP contribution in [-0.4, -0.2) is 60.4 Å². The molecular weight excluding hydrogens is 280 g/mol. The third kappa shape index (κ3) is 3.06. The summed E-state index contributed by atoms with van der Waals surface area (Å²) in [5.41, 5.74) is 2.70. The standard InChI is InChI=1S/C17H26N2O3/c1-18-15-7-11-22-10-5-6-13(15)14(17(20)21)12-16(18)19-8-3-2-4-9-19/h12,16H,2-11H2,1H3,(H,20,21). The Morgan fingerprint density at radius 3 is 2.68 bits per heavy atom. The van der Waals surface area contributed by atoms with E-state index < -0.39 is 5.97 Å². The maximum absolute atomic E-state index is 11.8. The maximum atomic E-state index is 11.8. The lowest BCUT2D eigenvalue weighted by Crippen LogP contribution is -2.49. The predicted octanol–water partition coefficient (Wildman–Crippen LogP) is 2.21. The third-order valence-electron chi connectivity index (χ3n) is 5.01. The molecular formula is C17H26N2O3. The summed E-state index contributed by atoms with van der Waals surface area (Å²) in [5, 5.41) is 9.67. The number of aliphatic carboxylic acids is 1. The first kappa shape index (κ1) is 15.6. The zero-order chi connectivity index (χ0) is 15.5. The van der Waals surface area contributed by atoms with Gasteiger partial charge in [0.1, 0.15) is 6.17 Å². The van der Waals surface area contributed by atoms with Gasteiger partial charge in [-0.3, -0.25) is 4.90 Å². The highest BCUT2D eigenvalue weighted by atomic mass is 16.5. The van der Waals surface area contributed by atoms with Crippen LogP contribution in [-0.2, 0) is 9.53 Å². The van der Waals surface area contributed by atoms with E-state index in [1.807, 2.05) is 6.08 Å². The molecule has 1 atom stereocenters. The fraction of sp³-hybridized carbons (Fsp3) is 0.706. The van der Waals surface area contributed by atoms with E-state index >= 15 is 0 Å². The first-order chi connectivity index (χ1) is 10.7. The number of hydrogen-bond acceptors (Lipinski definition) is 4. The Labute approximate surface area is 132 Å². The van der Waals surface area contributed by atoms with Crippen molar-refractivity contribution in [1.29, 1.82) is 0 Å². The number of hydrogen-bond donors (Lipinski definition) is 1. The van der Waals surface area contributed by atoms with Crippen LogP contribution < -0.4 is 0 Å². The molecule has 0 aromatic carbocycles. The first-order valence-electron chi connectivity index (χ1n) is 8.40. The van der Waals surface area contributed by atoms with Gasteiger partial charge in [-0.05, 0) is 37.3 Å². The Bertz CT molecular complexity index is 492. The van der Waals surface area contributed by atoms with Gasteiger partial charge >= 0.3 is 5.97 Å². The molecule has 0 aromatic heterocycles. The molecule has 3 rings (SSSR count). The van der Waals surface area contributed by atoms with E-state index in [0.717, 1.165) is 50.2 Å². The molecule has 122 valence electrons. The monoisotopic (exact) mass is 306 g/mol. The number of nitrogens with zero attached hydrogens (tertiary/aromatic N) is 2. The van der Waals surface area contributed by atoms with Gasteiger partial charge in [0.15, 0.2) is 0 Å². The van der Waals surface area contributed by atoms with Gasteiger partial charge in [0.25, 0.3) is 0 Å². The van der Waals surface area contributed by atoms with E-state index in [0.29, 0.717) is 12.2 Å². The fourth-order valence-corrected chi connectivity index (χ4v) is 3.85. The van der Waals surface area contributed by atoms with Crippen LogP contribution in [0.5, 0.6) is 0 Å². The van der Waals surface area contributed by atoms with Crippen LogP contribution in [0.4, 0.5) is 0 Å². The number of carboxylic acids is 1. The van der Waals surface area contributed by atoms with Gasteiger partial charge < -0.3 is 14.7 Å². The van der Waals surface area contributed by atoms with E-state index in [1.54, 1.807) is 0 Å². The molecule has 3 aliphatic rings. The summed E-state index contributed by atoms with van der Waals surface area (Å²) in [6.07, 6.45) is 8.23. The molecule has 22 heavy (non-hydrogen) atoms. The highest BCUT2D eigenvalue weighted by molar-refractivity contribution is 5.92. The molecule has 0 bridgehead atoms. The molecule has 1 unspecified atom stereocenters. The Hall–Kier alpha value is -1.33. The minimum atomic E-state index is -0.788. The summed E-state index contributed by atoms with van der Waals surface area (Å²) in [6, 6.07) is 0. The average molecular weight is 306 g/mol. The zero-order valence-corrected chi connectivity index (χ0v) is 13.4. The number of ether oxygens (including phenoxy) is 1. The largest absolute Gasteiger partial charge is 0.478 e. The molecule has 3 heterocycles. The zero-order valence-electron chi connectivity index (χ0n) is 13.4. The lowest BCUT2D eigenvalue weighted by Gasteiger charge is -2.44. The molecule has 0 spiro atoms. The van der Waals surface area contributed by atoms with Gasteiger partial charge in [-0.1, -0.05) is 6.42 Å². The van der Waals surface area contributed by atoms with E-state index in [-0.39, 0.29) is 6.17 Å². The Morgan fingerprint density at radius 2 is 1.95 bits per heavy atom. The second-order valence-corrected chi connectivity index (χ2v) is 6.40. The van der Waals surface area contributed by atoms with Crippen molar-refractivity contribution in [2.45, 2.75) is 44.7 Å². The second kappa shape index (κ2) is 6.84. The third-order valence-corrected chi connectivity index (χ3v) is 5.01. The van der Waals surface area contributed by atoms with Crippen molar-refractivity contribution in [2.24, 2.45) is 0 Å². The maximum Gasteiger partial charge on any atom is 0.335 e. The SMILES string of the molecule is CN1C2=C(CCCOCC2)C(C(=O)O)=CC1N1CCCCC1. The van der Waals surface area contributed by atoms with Crippen LogP contribution in [0.3, 0.4) is 0 Å². The number of piperidine rings is 1. The minimum Gasteiger partial charge on any atom is -0.478 e. The normalized spacial score (nSPS) is 27.8. The highest BCUT2D eigenvalue weighted by Crippen LogP contribution is 2.34. The van der Waals surface area contributed by atoms with Gasteiger partial charge in [-0.15, -0.1) is 0 Å². The summed E-state index contributed by atoms with van der Waals surface area (Å²) < 4.78 is 5.61. The summed E-state index contributed by atoms with van der Waals surface area (Å²) in [6.45, 7) is 3.51. The number of carboxylic acid groups (broad SMARTS) is 1. The number of likely N-dealkylation sites (N-methyl/N-ethyl adjacent to an activating group) is 1. The van der Waals surface area contributed by atoms with Gasteiger partial charge in [0.05, 0.1) is 12.2 Å². The van der Waals surface area contributed by atoms with Crippen LogP contribution in [0.1, 0.15) is 38.5 Å². The van der Waals surface area contributed by atoms with E-state index in [2.05, 4.69) is 16.8 Å². The first-order valence-corrected chi connectivity index (χ1v) is 8.40. The van der Waals surface area contributed by atoms with Gasteiger partial charge in [-0.25, -0.2) is 4.79 Å². The lowest BCUT2D eigenvalue weighted by molar-refractivity contribution is -0.132. The highest BCUT2D eigenvalue weighted by Gasteiger charge is 2.33. The van der Waals surface area contributed by atoms with Crippen LogP contribution in [0.15, 0.2) is 22.9 Å². The van der Waals surface area contributed by atoms with Crippen molar-refractivity contribution in [1.82, 2.24) is 9.80 Å². The lowest BCUT2D eigenvalue weighted by atomic mass is 9.91. The van der Waals surface area contributed by atoms with Crippen molar-refractivity contribution < 1.29 is 14.6 Å².